The summed E-state index contributed by atoms with van der Waals surface area (Å²) in [5.74, 6) is 0. The van der Waals surface area contributed by atoms with Crippen LogP contribution in [0.25, 0.3) is 0 Å². The number of pyridine rings is 1. The molecular formula is C12H20N4. The molecule has 2 N–H and O–H groups in total. The Morgan fingerprint density at radius 1 is 1.44 bits per heavy atom. The van der Waals surface area contributed by atoms with E-state index < -0.39 is 0 Å². The second kappa shape index (κ2) is 5.39. The normalized spacial score (nSPS) is 23.5. The molecule has 0 aliphatic carbocycles. The summed E-state index contributed by atoms with van der Waals surface area (Å²) in [6.45, 7) is 4.88. The molecule has 1 aromatic rings. The standard InChI is InChI=1S/C12H20N4/c1-15-6-7-16(12(8-13)10-15)9-11-4-2-3-5-14-11/h2-5,12H,6-10,13H2,1H3. The fraction of sp³-hybridized carbons (Fsp3) is 0.583. The smallest absolute Gasteiger partial charge is 0.0544 e. The summed E-state index contributed by atoms with van der Waals surface area (Å²) < 4.78 is 0. The quantitative estimate of drug-likeness (QED) is 0.788. The molecule has 0 amide bonds. The molecule has 1 fully saturated rings. The molecule has 16 heavy (non-hydrogen) atoms. The van der Waals surface area contributed by atoms with Gasteiger partial charge in [0.15, 0.2) is 0 Å². The van der Waals surface area contributed by atoms with Crippen LogP contribution in [0.2, 0.25) is 0 Å². The minimum Gasteiger partial charge on any atom is -0.329 e. The second-order valence-corrected chi connectivity index (χ2v) is 4.44. The zero-order chi connectivity index (χ0) is 11.4. The third-order valence-corrected chi connectivity index (χ3v) is 3.17. The molecule has 4 nitrogen and oxygen atoms in total. The lowest BCUT2D eigenvalue weighted by molar-refractivity contribution is 0.0870. The van der Waals surface area contributed by atoms with Crippen molar-refractivity contribution < 1.29 is 0 Å². The Kier molecular flexibility index (Phi) is 3.88. The number of piperazine rings is 1. The van der Waals surface area contributed by atoms with Crippen molar-refractivity contribution in [2.45, 2.75) is 12.6 Å². The average molecular weight is 220 g/mol. The first-order chi connectivity index (χ1) is 7.79. The van der Waals surface area contributed by atoms with Crippen molar-refractivity contribution in [3.8, 4) is 0 Å². The van der Waals surface area contributed by atoms with Gasteiger partial charge in [-0.15, -0.1) is 0 Å². The Bertz CT molecular complexity index is 314. The van der Waals surface area contributed by atoms with Crippen LogP contribution in [0, 0.1) is 0 Å². The third-order valence-electron chi connectivity index (χ3n) is 3.17. The maximum atomic E-state index is 5.82. The highest BCUT2D eigenvalue weighted by molar-refractivity contribution is 5.04. The molecule has 2 rings (SSSR count). The first-order valence-corrected chi connectivity index (χ1v) is 5.82. The van der Waals surface area contributed by atoms with Crippen LogP contribution in [0.4, 0.5) is 0 Å². The molecule has 1 aromatic heterocycles. The van der Waals surface area contributed by atoms with Gasteiger partial charge in [-0.3, -0.25) is 9.88 Å². The van der Waals surface area contributed by atoms with Crippen molar-refractivity contribution >= 4 is 0 Å². The lowest BCUT2D eigenvalue weighted by atomic mass is 10.1. The summed E-state index contributed by atoms with van der Waals surface area (Å²) in [6, 6.07) is 6.52. The first kappa shape index (κ1) is 11.5. The highest BCUT2D eigenvalue weighted by Crippen LogP contribution is 2.11. The van der Waals surface area contributed by atoms with Crippen LogP contribution in [0.3, 0.4) is 0 Å². The number of aromatic nitrogens is 1. The van der Waals surface area contributed by atoms with E-state index in [9.17, 15) is 0 Å². The van der Waals surface area contributed by atoms with Gasteiger partial charge in [0, 0.05) is 45.0 Å². The van der Waals surface area contributed by atoms with Gasteiger partial charge in [0.25, 0.3) is 0 Å². The van der Waals surface area contributed by atoms with Crippen LogP contribution in [-0.4, -0.2) is 54.1 Å². The van der Waals surface area contributed by atoms with Gasteiger partial charge in [0.05, 0.1) is 5.69 Å². The van der Waals surface area contributed by atoms with Crippen LogP contribution in [0.5, 0.6) is 0 Å². The predicted octanol–water partition coefficient (Wildman–Crippen LogP) is 0.156. The molecule has 0 saturated carbocycles. The van der Waals surface area contributed by atoms with Gasteiger partial charge in [0.2, 0.25) is 0 Å². The van der Waals surface area contributed by atoms with Gasteiger partial charge in [-0.05, 0) is 19.2 Å². The van der Waals surface area contributed by atoms with Crippen molar-refractivity contribution in [3.63, 3.8) is 0 Å². The van der Waals surface area contributed by atoms with E-state index in [4.69, 9.17) is 5.73 Å². The van der Waals surface area contributed by atoms with Crippen molar-refractivity contribution in [3.05, 3.63) is 30.1 Å². The summed E-state index contributed by atoms with van der Waals surface area (Å²) >= 11 is 0. The number of rotatable bonds is 3. The Labute approximate surface area is 97.1 Å². The van der Waals surface area contributed by atoms with E-state index in [2.05, 4.69) is 27.9 Å². The van der Waals surface area contributed by atoms with Gasteiger partial charge in [-0.2, -0.15) is 0 Å². The molecule has 1 saturated heterocycles. The molecule has 1 aliphatic rings. The maximum absolute atomic E-state index is 5.82. The Morgan fingerprint density at radius 3 is 3.00 bits per heavy atom. The molecule has 2 heterocycles. The molecule has 0 spiro atoms. The number of nitrogens with two attached hydrogens (primary N) is 1. The first-order valence-electron chi connectivity index (χ1n) is 5.82. The highest BCUT2D eigenvalue weighted by Gasteiger charge is 2.23. The van der Waals surface area contributed by atoms with Gasteiger partial charge in [-0.25, -0.2) is 0 Å². The van der Waals surface area contributed by atoms with Gasteiger partial charge in [-0.1, -0.05) is 6.07 Å². The van der Waals surface area contributed by atoms with E-state index in [0.717, 1.165) is 38.4 Å². The van der Waals surface area contributed by atoms with E-state index in [-0.39, 0.29) is 0 Å². The number of hydrogen-bond acceptors (Lipinski definition) is 4. The lowest BCUT2D eigenvalue weighted by Crippen LogP contribution is -2.54. The molecular weight excluding hydrogens is 200 g/mol. The van der Waals surface area contributed by atoms with Gasteiger partial charge >= 0.3 is 0 Å². The van der Waals surface area contributed by atoms with Crippen LogP contribution >= 0.6 is 0 Å². The van der Waals surface area contributed by atoms with Gasteiger partial charge in [0.1, 0.15) is 0 Å². The van der Waals surface area contributed by atoms with Crippen LogP contribution in [0.1, 0.15) is 5.69 Å². The lowest BCUT2D eigenvalue weighted by Gasteiger charge is -2.39. The van der Waals surface area contributed by atoms with Crippen LogP contribution < -0.4 is 5.73 Å². The Balaban J connectivity index is 1.98. The number of hydrogen-bond donors (Lipinski definition) is 1. The van der Waals surface area contributed by atoms with Crippen LogP contribution in [0.15, 0.2) is 24.4 Å². The zero-order valence-corrected chi connectivity index (χ0v) is 9.84. The Morgan fingerprint density at radius 2 is 2.31 bits per heavy atom. The van der Waals surface area contributed by atoms with Crippen molar-refractivity contribution in [1.82, 2.24) is 14.8 Å². The van der Waals surface area contributed by atoms with E-state index in [0.29, 0.717) is 6.04 Å². The Hall–Kier alpha value is -0.970. The summed E-state index contributed by atoms with van der Waals surface area (Å²) in [6.07, 6.45) is 1.85. The van der Waals surface area contributed by atoms with Crippen molar-refractivity contribution in [2.24, 2.45) is 5.73 Å². The largest absolute Gasteiger partial charge is 0.329 e. The summed E-state index contributed by atoms with van der Waals surface area (Å²) in [4.78, 5) is 9.14. The molecule has 0 bridgehead atoms. The topological polar surface area (TPSA) is 45.4 Å². The predicted molar refractivity (Wildman–Crippen MR) is 65.0 cm³/mol. The molecule has 88 valence electrons. The van der Waals surface area contributed by atoms with E-state index >= 15 is 0 Å². The molecule has 1 unspecified atom stereocenters. The molecule has 4 heteroatoms. The molecule has 0 aromatic carbocycles. The number of likely N-dealkylation sites (N-methyl/N-ethyl adjacent to an activating group) is 1. The monoisotopic (exact) mass is 220 g/mol. The van der Waals surface area contributed by atoms with E-state index in [1.807, 2.05) is 18.3 Å². The second-order valence-electron chi connectivity index (χ2n) is 4.44. The van der Waals surface area contributed by atoms with Crippen molar-refractivity contribution in [2.75, 3.05) is 33.2 Å². The SMILES string of the molecule is CN1CCN(Cc2ccccn2)C(CN)C1. The van der Waals surface area contributed by atoms with Gasteiger partial charge < -0.3 is 10.6 Å². The minimum atomic E-state index is 0.459. The summed E-state index contributed by atoms with van der Waals surface area (Å²) in [5.41, 5.74) is 6.95. The van der Waals surface area contributed by atoms with E-state index in [1.54, 1.807) is 0 Å². The maximum Gasteiger partial charge on any atom is 0.0544 e. The fourth-order valence-corrected chi connectivity index (χ4v) is 2.18. The molecule has 1 aliphatic heterocycles. The zero-order valence-electron chi connectivity index (χ0n) is 9.84. The van der Waals surface area contributed by atoms with Crippen LogP contribution in [-0.2, 0) is 6.54 Å². The third kappa shape index (κ3) is 2.78. The molecule has 0 radical (unpaired) electrons. The minimum absolute atomic E-state index is 0.459. The number of nitrogens with zero attached hydrogens (tertiary/aromatic N) is 3. The summed E-state index contributed by atoms with van der Waals surface area (Å²) in [7, 11) is 2.15. The molecule has 1 atom stereocenters. The summed E-state index contributed by atoms with van der Waals surface area (Å²) in [5, 5.41) is 0. The average Bonchev–Trinajstić information content (AvgIpc) is 2.33. The van der Waals surface area contributed by atoms with E-state index in [1.165, 1.54) is 0 Å². The highest BCUT2D eigenvalue weighted by atomic mass is 15.3. The van der Waals surface area contributed by atoms with Crippen molar-refractivity contribution in [1.29, 1.82) is 0 Å². The fourth-order valence-electron chi connectivity index (χ4n) is 2.18.